The summed E-state index contributed by atoms with van der Waals surface area (Å²) in [6, 6.07) is 0. The lowest BCUT2D eigenvalue weighted by molar-refractivity contribution is -0.192. The lowest BCUT2D eigenvalue weighted by atomic mass is 10.1. The monoisotopic (exact) mass is 360 g/mol. The molecule has 1 aliphatic rings. The maximum absolute atomic E-state index is 10.6. The number of aromatic amines is 1. The Labute approximate surface area is 141 Å². The second-order valence-electron chi connectivity index (χ2n) is 5.65. The SMILES string of the molecule is CCc1noc(C)c1CN1CCc2[nH]ncc2C1.O=C(O)C(F)(F)F. The minimum Gasteiger partial charge on any atom is -0.475 e. The lowest BCUT2D eigenvalue weighted by Crippen LogP contribution is -2.30. The predicted molar refractivity (Wildman–Crippen MR) is 80.7 cm³/mol. The van der Waals surface area contributed by atoms with Crippen LogP contribution < -0.4 is 0 Å². The number of hydrogen-bond acceptors (Lipinski definition) is 5. The third-order valence-electron chi connectivity index (χ3n) is 3.90. The van der Waals surface area contributed by atoms with Gasteiger partial charge in [-0.05, 0) is 13.3 Å². The number of alkyl halides is 3. The van der Waals surface area contributed by atoms with E-state index in [1.165, 1.54) is 16.8 Å². The van der Waals surface area contributed by atoms with Crippen molar-refractivity contribution in [2.45, 2.75) is 46.0 Å². The summed E-state index contributed by atoms with van der Waals surface area (Å²) in [4.78, 5) is 11.3. The van der Waals surface area contributed by atoms with E-state index in [1.807, 2.05) is 13.1 Å². The van der Waals surface area contributed by atoms with Crippen molar-refractivity contribution in [1.82, 2.24) is 20.3 Å². The quantitative estimate of drug-likeness (QED) is 0.873. The molecule has 0 fully saturated rings. The van der Waals surface area contributed by atoms with Gasteiger partial charge < -0.3 is 9.63 Å². The zero-order valence-electron chi connectivity index (χ0n) is 13.9. The maximum atomic E-state index is 10.6. The number of H-pyrrole nitrogens is 1. The molecule has 0 saturated carbocycles. The molecule has 0 radical (unpaired) electrons. The molecule has 3 rings (SSSR count). The largest absolute Gasteiger partial charge is 0.490 e. The molecule has 25 heavy (non-hydrogen) atoms. The van der Waals surface area contributed by atoms with Crippen molar-refractivity contribution in [2.75, 3.05) is 6.54 Å². The van der Waals surface area contributed by atoms with Crippen LogP contribution in [0.4, 0.5) is 13.2 Å². The maximum Gasteiger partial charge on any atom is 0.490 e. The molecule has 2 aromatic rings. The molecule has 1 aliphatic heterocycles. The van der Waals surface area contributed by atoms with E-state index in [9.17, 15) is 13.2 Å². The molecule has 2 N–H and O–H groups in total. The van der Waals surface area contributed by atoms with Crippen molar-refractivity contribution >= 4 is 5.97 Å². The van der Waals surface area contributed by atoms with Crippen molar-refractivity contribution < 1.29 is 27.6 Å². The Kier molecular flexibility index (Phi) is 5.83. The van der Waals surface area contributed by atoms with Gasteiger partial charge in [0.1, 0.15) is 5.76 Å². The number of hydrogen-bond donors (Lipinski definition) is 2. The zero-order chi connectivity index (χ0) is 18.6. The highest BCUT2D eigenvalue weighted by molar-refractivity contribution is 5.73. The van der Waals surface area contributed by atoms with Gasteiger partial charge in [0.2, 0.25) is 0 Å². The minimum absolute atomic E-state index is 0.920. The first-order valence-corrected chi connectivity index (χ1v) is 7.70. The number of rotatable bonds is 3. The third-order valence-corrected chi connectivity index (χ3v) is 3.90. The molecular weight excluding hydrogens is 341 g/mol. The van der Waals surface area contributed by atoms with Crippen LogP contribution in [0.1, 0.15) is 35.2 Å². The summed E-state index contributed by atoms with van der Waals surface area (Å²) in [7, 11) is 0. The first kappa shape index (κ1) is 19.0. The molecule has 0 amide bonds. The highest BCUT2D eigenvalue weighted by atomic mass is 19.4. The average Bonchev–Trinajstić information content (AvgIpc) is 3.14. The topological polar surface area (TPSA) is 95.3 Å². The predicted octanol–water partition coefficient (Wildman–Crippen LogP) is 2.46. The molecule has 0 aromatic carbocycles. The van der Waals surface area contributed by atoms with Crippen molar-refractivity contribution in [1.29, 1.82) is 0 Å². The van der Waals surface area contributed by atoms with Crippen LogP contribution in [0.5, 0.6) is 0 Å². The summed E-state index contributed by atoms with van der Waals surface area (Å²) in [5.74, 6) is -1.81. The number of halogens is 3. The molecule has 7 nitrogen and oxygen atoms in total. The van der Waals surface area contributed by atoms with Gasteiger partial charge in [0.25, 0.3) is 0 Å². The molecule has 0 spiro atoms. The minimum atomic E-state index is -5.08. The molecule has 0 bridgehead atoms. The Morgan fingerprint density at radius 3 is 2.76 bits per heavy atom. The van der Waals surface area contributed by atoms with E-state index in [0.717, 1.165) is 43.9 Å². The van der Waals surface area contributed by atoms with Gasteiger partial charge in [-0.2, -0.15) is 18.3 Å². The fourth-order valence-electron chi connectivity index (χ4n) is 2.56. The standard InChI is InChI=1S/C13H18N4O.C2HF3O2/c1-3-12-11(9(2)18-16-12)8-17-5-4-13-10(7-17)6-14-15-13;3-2(4,5)1(6)7/h6H,3-5,7-8H2,1-2H3,(H,14,15);(H,6,7). The number of aromatic nitrogens is 3. The lowest BCUT2D eigenvalue weighted by Gasteiger charge is -2.26. The van der Waals surface area contributed by atoms with E-state index in [2.05, 4.69) is 27.2 Å². The van der Waals surface area contributed by atoms with Crippen LogP contribution >= 0.6 is 0 Å². The first-order valence-electron chi connectivity index (χ1n) is 7.70. The zero-order valence-corrected chi connectivity index (χ0v) is 13.9. The van der Waals surface area contributed by atoms with E-state index < -0.39 is 12.1 Å². The van der Waals surface area contributed by atoms with Crippen LogP contribution in [0.25, 0.3) is 0 Å². The van der Waals surface area contributed by atoms with Crippen molar-refractivity contribution in [2.24, 2.45) is 0 Å². The van der Waals surface area contributed by atoms with E-state index in [1.54, 1.807) is 0 Å². The fraction of sp³-hybridized carbons (Fsp3) is 0.533. The van der Waals surface area contributed by atoms with Crippen molar-refractivity contribution in [3.63, 3.8) is 0 Å². The molecular formula is C15H19F3N4O3. The Morgan fingerprint density at radius 2 is 2.16 bits per heavy atom. The third kappa shape index (κ3) is 4.81. The number of aryl methyl sites for hydroxylation is 2. The Bertz CT molecular complexity index is 724. The van der Waals surface area contributed by atoms with Crippen LogP contribution in [0.3, 0.4) is 0 Å². The van der Waals surface area contributed by atoms with Gasteiger partial charge >= 0.3 is 12.1 Å². The molecule has 138 valence electrons. The van der Waals surface area contributed by atoms with E-state index >= 15 is 0 Å². The van der Waals surface area contributed by atoms with Gasteiger partial charge in [-0.3, -0.25) is 10.00 Å². The van der Waals surface area contributed by atoms with Gasteiger partial charge in [-0.1, -0.05) is 12.1 Å². The van der Waals surface area contributed by atoms with Crippen LogP contribution in [-0.2, 0) is 30.7 Å². The summed E-state index contributed by atoms with van der Waals surface area (Å²) >= 11 is 0. The van der Waals surface area contributed by atoms with Crippen LogP contribution in [0.2, 0.25) is 0 Å². The number of fused-ring (bicyclic) bond motifs is 1. The number of carboxylic acid groups (broad SMARTS) is 1. The number of carbonyl (C=O) groups is 1. The Hall–Kier alpha value is -2.36. The summed E-state index contributed by atoms with van der Waals surface area (Å²) in [5.41, 5.74) is 4.94. The van der Waals surface area contributed by atoms with Crippen LogP contribution in [0, 0.1) is 6.92 Å². The molecule has 2 aromatic heterocycles. The van der Waals surface area contributed by atoms with E-state index in [4.69, 9.17) is 14.4 Å². The van der Waals surface area contributed by atoms with Crippen molar-refractivity contribution in [3.8, 4) is 0 Å². The van der Waals surface area contributed by atoms with Crippen LogP contribution in [0.15, 0.2) is 10.7 Å². The molecule has 0 unspecified atom stereocenters. The molecule has 0 atom stereocenters. The second-order valence-corrected chi connectivity index (χ2v) is 5.65. The highest BCUT2D eigenvalue weighted by Gasteiger charge is 2.38. The molecule has 0 aliphatic carbocycles. The smallest absolute Gasteiger partial charge is 0.475 e. The van der Waals surface area contributed by atoms with Gasteiger partial charge in [0, 0.05) is 42.9 Å². The molecule has 0 saturated heterocycles. The van der Waals surface area contributed by atoms with Crippen LogP contribution in [-0.4, -0.2) is 44.1 Å². The van der Waals surface area contributed by atoms with Gasteiger partial charge in [-0.25, -0.2) is 4.79 Å². The van der Waals surface area contributed by atoms with Gasteiger partial charge in [0.05, 0.1) is 11.9 Å². The second kappa shape index (κ2) is 7.68. The van der Waals surface area contributed by atoms with E-state index in [0.29, 0.717) is 0 Å². The fourth-order valence-corrected chi connectivity index (χ4v) is 2.56. The molecule has 3 heterocycles. The molecule has 10 heteroatoms. The summed E-state index contributed by atoms with van der Waals surface area (Å²) in [6.07, 6.45) is -1.18. The number of aliphatic carboxylic acids is 1. The summed E-state index contributed by atoms with van der Waals surface area (Å²) < 4.78 is 37.0. The van der Waals surface area contributed by atoms with Crippen molar-refractivity contribution in [3.05, 3.63) is 34.5 Å². The summed E-state index contributed by atoms with van der Waals surface area (Å²) in [5, 5.41) is 18.4. The first-order chi connectivity index (χ1) is 11.7. The van der Waals surface area contributed by atoms with Gasteiger partial charge in [-0.15, -0.1) is 0 Å². The Balaban J connectivity index is 0.000000277. The average molecular weight is 360 g/mol. The van der Waals surface area contributed by atoms with E-state index in [-0.39, 0.29) is 0 Å². The number of carboxylic acids is 1. The summed E-state index contributed by atoms with van der Waals surface area (Å²) in [6.45, 7) is 7.05. The Morgan fingerprint density at radius 1 is 1.48 bits per heavy atom. The van der Waals surface area contributed by atoms with Gasteiger partial charge in [0.15, 0.2) is 0 Å². The normalized spacial score (nSPS) is 14.6. The highest BCUT2D eigenvalue weighted by Crippen LogP contribution is 2.21. The number of nitrogens with zero attached hydrogens (tertiary/aromatic N) is 3. The number of nitrogens with one attached hydrogen (secondary N) is 1.